The number of benzene rings is 2. The van der Waals surface area contributed by atoms with Crippen molar-refractivity contribution >= 4 is 96.6 Å². The van der Waals surface area contributed by atoms with Crippen molar-refractivity contribution in [1.29, 1.82) is 2.86 Å². The van der Waals surface area contributed by atoms with Crippen LogP contribution in [0.5, 0.6) is 0 Å². The quantitative estimate of drug-likeness (QED) is 0.0194. The van der Waals surface area contributed by atoms with Gasteiger partial charge in [-0.3, -0.25) is 56.4 Å². The van der Waals surface area contributed by atoms with Gasteiger partial charge in [-0.15, -0.1) is 58.8 Å². The van der Waals surface area contributed by atoms with Crippen molar-refractivity contribution in [3.63, 3.8) is 0 Å². The molecule has 10 saturated heterocycles. The minimum absolute atomic E-state index is 0. The second kappa shape index (κ2) is 45.5. The molecule has 134 heavy (non-hydrogen) atoms. The van der Waals surface area contributed by atoms with Crippen molar-refractivity contribution in [3.8, 4) is 0 Å². The highest BCUT2D eigenvalue weighted by Gasteiger charge is 2.68. The van der Waals surface area contributed by atoms with E-state index < -0.39 is 86.5 Å². The molecule has 5 aromatic heterocycles. The molecule has 15 heterocycles. The molecular weight excluding hydrogens is 1850 g/mol. The molecule has 35 nitrogen and oxygen atoms in total. The number of aromatic amines is 2. The number of fused-ring (bicyclic) bond motifs is 10. The summed E-state index contributed by atoms with van der Waals surface area (Å²) in [6.45, 7) is 45.6. The number of nitrogen functional groups attached to an aromatic ring is 1. The number of H-pyrrole nitrogens is 2. The SMILES string of the molecule is C.CC[C@]12O[C@@H](n3cc(C)c(=O)[nH]c3=O)[C@H](S[C@H]1C)[C@@H]2C.CC[C@]12O[C@@H](n3cc(C)c(=O)[nH]c3=O)[C@H](S[C@H]1C)[C@@H]2O.CC[C@]12O[C@@H](n3cc(C)c(N)nc3=O)[C@H](S[C@H]1C)[C@@H]2C.[2H]CF.[2H]C[C@]12O[C@@H](n3cc(C)c(NC(=O)c4ccccc4)nc3=O)[C@H](S[C@H]1C)[C@@H]2O.[2H]C[C@]12O[C@@H](n3cc(C)c(NC(=O)c4ccccc4)nc3=O)[C@H](S[C@H]1C)[C@@H]2OP(OCC[N+]#[C-])N(C(C)C)C(C)C.[3H]OC.[3H]OC. The summed E-state index contributed by atoms with van der Waals surface area (Å²) >= 11 is 8.62. The Morgan fingerprint density at radius 3 is 1.33 bits per heavy atom. The summed E-state index contributed by atoms with van der Waals surface area (Å²) in [5, 5.41) is 34.2. The number of rotatable bonds is 20. The molecular formula is C92H133FN15O20PS5. The van der Waals surface area contributed by atoms with E-state index in [1.165, 1.54) is 45.9 Å². The van der Waals surface area contributed by atoms with Gasteiger partial charge in [0.15, 0.2) is 31.1 Å². The van der Waals surface area contributed by atoms with E-state index in [1.54, 1.807) is 134 Å². The fourth-order valence-electron chi connectivity index (χ4n) is 18.9. The van der Waals surface area contributed by atoms with Gasteiger partial charge in [0.2, 0.25) is 9.41 Å². The number of aryl methyl sites for hydroxylation is 5. The average molecular weight is 1990 g/mol. The van der Waals surface area contributed by atoms with Crippen LogP contribution in [-0.2, 0) is 32.7 Å². The van der Waals surface area contributed by atoms with Crippen LogP contribution in [-0.4, -0.2) is 233 Å². The van der Waals surface area contributed by atoms with Gasteiger partial charge in [-0.1, -0.05) is 113 Å². The molecule has 42 heteroatoms. The molecule has 2 amide bonds. The van der Waals surface area contributed by atoms with Crippen LogP contribution in [0.2, 0.25) is 0 Å². The number of nitrogens with zero attached hydrogens (tertiary/aromatic N) is 10. The van der Waals surface area contributed by atoms with Crippen molar-refractivity contribution in [2.75, 3.05) is 50.9 Å². The number of thioether (sulfide) groups is 5. The molecule has 26 atom stereocenters. The lowest BCUT2D eigenvalue weighted by atomic mass is 9.84. The summed E-state index contributed by atoms with van der Waals surface area (Å²) in [6.07, 6.45) is 6.32. The minimum atomic E-state index is -1.57. The molecule has 10 aliphatic rings. The average Bonchev–Trinajstić information content (AvgIpc) is 1.57. The van der Waals surface area contributed by atoms with E-state index in [0.29, 0.717) is 73.2 Å². The summed E-state index contributed by atoms with van der Waals surface area (Å²) in [4.78, 5) is 130. The first-order valence-electron chi connectivity index (χ1n) is 46.9. The zero-order valence-corrected chi connectivity index (χ0v) is 83.7. The molecule has 7 aromatic rings. The number of aliphatic hydroxyl groups is 4. The van der Waals surface area contributed by atoms with E-state index in [9.17, 15) is 57.8 Å². The topological polar surface area (TPSA) is 452 Å². The molecule has 0 aliphatic carbocycles. The normalized spacial score (nSPS) is 32.6. The van der Waals surface area contributed by atoms with E-state index in [2.05, 4.69) is 125 Å². The Labute approximate surface area is 810 Å². The van der Waals surface area contributed by atoms with Crippen molar-refractivity contribution in [2.24, 2.45) is 11.8 Å². The molecule has 1 unspecified atom stereocenters. The van der Waals surface area contributed by atoms with Crippen LogP contribution in [0.1, 0.15) is 221 Å². The first kappa shape index (κ1) is 102. The predicted octanol–water partition coefficient (Wildman–Crippen LogP) is 11.7. The summed E-state index contributed by atoms with van der Waals surface area (Å²) < 4.78 is 96.9. The number of aliphatic hydroxyl groups excluding tert-OH is 4. The first-order chi connectivity index (χ1) is 65.4. The Hall–Kier alpha value is -7.70. The lowest BCUT2D eigenvalue weighted by Crippen LogP contribution is -2.44. The summed E-state index contributed by atoms with van der Waals surface area (Å²) in [7, 11) is 0.0115. The van der Waals surface area contributed by atoms with Gasteiger partial charge in [0.25, 0.3) is 31.5 Å². The molecule has 10 N–H and O–H groups in total. The third-order valence-corrected chi connectivity index (χ3v) is 36.9. The number of carbonyl (C=O) groups excluding carboxylic acids is 2. The van der Waals surface area contributed by atoms with Crippen LogP contribution in [0.4, 0.5) is 21.8 Å². The zero-order valence-electron chi connectivity index (χ0n) is 83.7. The second-order valence-corrected chi connectivity index (χ2v) is 43.7. The van der Waals surface area contributed by atoms with Crippen LogP contribution in [0.25, 0.3) is 4.85 Å². The van der Waals surface area contributed by atoms with Crippen LogP contribution in [0.3, 0.4) is 0 Å². The Kier molecular flexibility index (Phi) is 34.7. The molecule has 10 aliphatic heterocycles. The summed E-state index contributed by atoms with van der Waals surface area (Å²) in [5.74, 6) is 0.806. The Morgan fingerprint density at radius 2 is 0.918 bits per heavy atom. The van der Waals surface area contributed by atoms with Crippen molar-refractivity contribution in [3.05, 3.63) is 215 Å². The van der Waals surface area contributed by atoms with Crippen LogP contribution >= 0.6 is 67.3 Å². The monoisotopic (exact) mass is 1980 g/mol. The fourth-order valence-corrected chi connectivity index (χ4v) is 29.6. The molecule has 17 rings (SSSR count). The number of aromatic nitrogens is 10. The fraction of sp³-hybridized carbons (Fsp3) is 0.620. The zero-order chi connectivity index (χ0) is 102. The molecule has 2 aromatic carbocycles. The maximum atomic E-state index is 13.3. The van der Waals surface area contributed by atoms with Crippen molar-refractivity contribution in [2.45, 2.75) is 314 Å². The van der Waals surface area contributed by atoms with Gasteiger partial charge < -0.3 is 74.4 Å². The van der Waals surface area contributed by atoms with Gasteiger partial charge in [-0.05, 0) is 120 Å². The highest BCUT2D eigenvalue weighted by Crippen LogP contribution is 2.65. The van der Waals surface area contributed by atoms with Crippen molar-refractivity contribution < 1.29 is 71.3 Å². The van der Waals surface area contributed by atoms with Gasteiger partial charge >= 0.3 is 28.4 Å². The number of nitrogens with two attached hydrogens (primary N) is 1. The number of hydrogen-bond acceptors (Lipinski definition) is 30. The van der Waals surface area contributed by atoms with Crippen molar-refractivity contribution in [1.82, 2.24) is 52.4 Å². The highest BCUT2D eigenvalue weighted by atomic mass is 32.2. The van der Waals surface area contributed by atoms with E-state index in [0.717, 1.165) is 18.4 Å². The van der Waals surface area contributed by atoms with E-state index in [1.807, 2.05) is 70.3 Å². The number of amides is 2. The highest BCUT2D eigenvalue weighted by molar-refractivity contribution is 8.02. The first-order valence-corrected chi connectivity index (χ1v) is 49.8. The van der Waals surface area contributed by atoms with Crippen LogP contribution in [0, 0.1) is 53.0 Å². The van der Waals surface area contributed by atoms with Gasteiger partial charge in [0, 0.05) is 137 Å². The summed E-state index contributed by atoms with van der Waals surface area (Å²) in [6, 6.07) is 17.6. The Morgan fingerprint density at radius 1 is 0.567 bits per heavy atom. The van der Waals surface area contributed by atoms with Gasteiger partial charge in [-0.2, -0.15) is 15.0 Å². The van der Waals surface area contributed by atoms with Gasteiger partial charge in [0.1, 0.15) is 59.2 Å². The second-order valence-electron chi connectivity index (χ2n) is 34.6. The van der Waals surface area contributed by atoms with Crippen LogP contribution < -0.4 is 55.9 Å². The van der Waals surface area contributed by atoms with Gasteiger partial charge in [0.05, 0.1) is 46.0 Å². The molecule has 0 saturated carbocycles. The molecule has 0 radical (unpaired) electrons. The largest absolute Gasteiger partial charge is 0.400 e. The smallest absolute Gasteiger partial charge is 0.351 e. The van der Waals surface area contributed by atoms with E-state index >= 15 is 0 Å². The number of anilines is 3. The lowest BCUT2D eigenvalue weighted by molar-refractivity contribution is -0.105. The summed E-state index contributed by atoms with van der Waals surface area (Å²) in [5.41, 5.74) is 3.73. The van der Waals surface area contributed by atoms with E-state index in [-0.39, 0.29) is 153 Å². The predicted molar refractivity (Wildman–Crippen MR) is 527 cm³/mol. The third-order valence-electron chi connectivity index (χ3n) is 26.4. The molecule has 0 spiro atoms. The van der Waals surface area contributed by atoms with Crippen LogP contribution in [0.15, 0.2) is 125 Å². The minimum Gasteiger partial charge on any atom is -0.400 e. The number of carbonyl (C=O) groups is 2. The lowest BCUT2D eigenvalue weighted by Gasteiger charge is -2.38. The Balaban J connectivity index is 0.000000195. The number of nitrogens with one attached hydrogen (secondary N) is 4. The maximum Gasteiger partial charge on any atom is 0.351 e. The number of ether oxygens (including phenoxy) is 5. The maximum absolute atomic E-state index is 13.3. The van der Waals surface area contributed by atoms with E-state index in [4.69, 9.17) is 52.0 Å². The molecule has 10 fully saturated rings. The van der Waals surface area contributed by atoms with Gasteiger partial charge in [-0.25, -0.2) is 35.2 Å². The number of alkyl halides is 1. The Bertz CT molecular complexity index is 5740. The number of halogens is 1. The molecule has 10 bridgehead atoms. The number of hydrogen-bond donors (Lipinski definition) is 9. The standard InChI is InChI=1S/C28H38N5O5PS.C19H21N3O4S.C14H21N3O2S.C14H20N2O3S.C13H18N2O4S.CH3F.2CH4O.CH4/c1-17(2)33(18(3)4)39(36-15-14-29-8)38-23-22-26(37-28(23,7)20(6)40-22)32-16-19(5)24(31-27(32)35)30-25(34)21-12-10-9-11-13-21;1-10-9-22(17-13-14(23)19(3,26-17)11(2)27-13)18(25)21-15(10)20-16(24)12-7-5-4-6-8-12;1-5-14-8(3)10(20-9(14)4)12(19-14)17-6-7(2)11(15)16-13(17)18;1-5-14-8(3)10(20-9(14)4)12(19-14)16-6-7(2)11(17)15-13(16)18;1-4-13-7(3)20-8(9(13)16)11(19-13)15-5-6(2)10(17)14-12(15)18;3*1-2;/h9-13,16-18,20,22-23,26H,14-15H2,1-7H3,(H,30,31,34,35);4-9,11,13-14,17,23H,1-3H3,(H,20,21,24,25);6,8-10,12H,5H2,1-4H3,(H2,15,16,18);6,8-10,12H,5H2,1-4H3,(H,15,17,18);5,7-9,11,16H,4H2,1-3H3,(H,14,17,18);1H3;2*2H,1H3;1H4/t20-,22+,23-,26+,28-,39?;11-,13+,14-,17+,19-;2*8-,9-,10+,12+,14+;7-,8+,9-,11+,13-;;;;/m00000..../s1/i7D;3D;;;;1D;2*2T;. The molecule has 738 valence electrons. The third kappa shape index (κ3) is 21.1.